The van der Waals surface area contributed by atoms with Crippen LogP contribution in [0.15, 0.2) is 0 Å². The Morgan fingerprint density at radius 2 is 1.32 bits per heavy atom. The van der Waals surface area contributed by atoms with Crippen molar-refractivity contribution in [2.45, 2.75) is 90.5 Å². The van der Waals surface area contributed by atoms with E-state index in [1.807, 2.05) is 0 Å². The molecule has 1 atom stereocenters. The van der Waals surface area contributed by atoms with Gasteiger partial charge in [-0.25, -0.2) is 4.84 Å². The van der Waals surface area contributed by atoms with Gasteiger partial charge >= 0.3 is 0 Å². The van der Waals surface area contributed by atoms with E-state index >= 15 is 0 Å². The average molecular weight is 356 g/mol. The predicted octanol–water partition coefficient (Wildman–Crippen LogP) is 2.94. The van der Waals surface area contributed by atoms with E-state index in [9.17, 15) is 0 Å². The summed E-state index contributed by atoms with van der Waals surface area (Å²) < 4.78 is 0.629. The van der Waals surface area contributed by atoms with E-state index in [0.29, 0.717) is 23.2 Å². The van der Waals surface area contributed by atoms with Gasteiger partial charge in [0.2, 0.25) is 0 Å². The summed E-state index contributed by atoms with van der Waals surface area (Å²) in [5.74, 6) is 0.576. The number of hydrogen-bond acceptors (Lipinski definition) is 1. The lowest BCUT2D eigenvalue weighted by Gasteiger charge is -2.33. The van der Waals surface area contributed by atoms with Crippen LogP contribution in [0.3, 0.4) is 0 Å². The molecule has 0 fully saturated rings. The largest absolute Gasteiger partial charge is 1.00 e. The molecule has 0 aliphatic carbocycles. The van der Waals surface area contributed by atoms with Gasteiger partial charge in [-0.2, -0.15) is 4.65 Å². The molecule has 0 aliphatic heterocycles. The number of rotatable bonds is 15. The van der Waals surface area contributed by atoms with Gasteiger partial charge in [-0.1, -0.05) is 64.7 Å². The number of quaternary nitrogens is 1. The van der Waals surface area contributed by atoms with E-state index in [1.54, 1.807) is 0 Å². The van der Waals surface area contributed by atoms with Gasteiger partial charge in [0.15, 0.2) is 0 Å². The zero-order valence-corrected chi connectivity index (χ0v) is 16.9. The van der Waals surface area contributed by atoms with Gasteiger partial charge in [0, 0.05) is 6.42 Å². The molecule has 0 amide bonds. The molecule has 0 aromatic carbocycles. The Morgan fingerprint density at radius 1 is 0.864 bits per heavy atom. The molecule has 0 saturated carbocycles. The van der Waals surface area contributed by atoms with Crippen LogP contribution in [0.4, 0.5) is 0 Å². The number of alkyl halides is 1. The molecule has 0 aliphatic rings. The van der Waals surface area contributed by atoms with Crippen molar-refractivity contribution in [1.29, 1.82) is 0 Å². The maximum atomic E-state index is 5.79. The van der Waals surface area contributed by atoms with Gasteiger partial charge < -0.3 is 12.4 Å². The Hall–Kier alpha value is 0.500. The maximum Gasteiger partial charge on any atom is 0.120 e. The van der Waals surface area contributed by atoms with Crippen LogP contribution in [0, 0.1) is 0 Å². The van der Waals surface area contributed by atoms with E-state index in [4.69, 9.17) is 16.4 Å². The molecule has 0 aromatic rings. The highest BCUT2D eigenvalue weighted by Gasteiger charge is 2.25. The second kappa shape index (κ2) is 16.4. The van der Waals surface area contributed by atoms with Crippen molar-refractivity contribution in [3.63, 3.8) is 0 Å². The maximum absolute atomic E-state index is 5.79. The second-order valence-corrected chi connectivity index (χ2v) is 7.15. The normalized spacial score (nSPS) is 13.0. The molecule has 0 radical (unpaired) electrons. The molecule has 4 heteroatoms. The number of unbranched alkanes of at least 4 members (excludes halogenated alkanes) is 9. The van der Waals surface area contributed by atoms with Crippen LogP contribution >= 0.6 is 11.6 Å². The lowest BCUT2D eigenvalue weighted by Crippen LogP contribution is -3.00. The van der Waals surface area contributed by atoms with E-state index < -0.39 is 0 Å². The summed E-state index contributed by atoms with van der Waals surface area (Å²) >= 11 is 5.69. The minimum atomic E-state index is 0. The SMILES string of the molecule is CCCCCCCCCCCCC(C)[N+](C)(C)OCCCl.[Cl-]. The van der Waals surface area contributed by atoms with Crippen molar-refractivity contribution in [3.8, 4) is 0 Å². The quantitative estimate of drug-likeness (QED) is 0.190. The van der Waals surface area contributed by atoms with Crippen LogP contribution in [-0.4, -0.2) is 37.3 Å². The van der Waals surface area contributed by atoms with Crippen molar-refractivity contribution in [2.24, 2.45) is 0 Å². The van der Waals surface area contributed by atoms with Gasteiger partial charge in [-0.05, 0) is 13.3 Å². The predicted molar refractivity (Wildman–Crippen MR) is 94.7 cm³/mol. The fourth-order valence-electron chi connectivity index (χ4n) is 2.64. The van der Waals surface area contributed by atoms with Crippen molar-refractivity contribution < 1.29 is 21.9 Å². The van der Waals surface area contributed by atoms with E-state index in [-0.39, 0.29) is 12.4 Å². The number of hydrogen-bond donors (Lipinski definition) is 0. The third kappa shape index (κ3) is 14.1. The fourth-order valence-corrected chi connectivity index (χ4v) is 2.70. The van der Waals surface area contributed by atoms with E-state index in [0.717, 1.165) is 0 Å². The van der Waals surface area contributed by atoms with Gasteiger partial charge in [-0.15, -0.1) is 11.6 Å². The first-order valence-electron chi connectivity index (χ1n) is 9.08. The number of nitrogens with zero attached hydrogens (tertiary/aromatic N) is 1. The van der Waals surface area contributed by atoms with Crippen molar-refractivity contribution in [3.05, 3.63) is 0 Å². The summed E-state index contributed by atoms with van der Waals surface area (Å²) in [5, 5.41) is 0. The molecular formula is C18H39Cl2NO. The average Bonchev–Trinajstić information content (AvgIpc) is 2.46. The summed E-state index contributed by atoms with van der Waals surface area (Å²) in [7, 11) is 4.26. The van der Waals surface area contributed by atoms with Gasteiger partial charge in [-0.3, -0.25) is 0 Å². The molecule has 0 N–H and O–H groups in total. The first-order chi connectivity index (χ1) is 10.0. The molecule has 22 heavy (non-hydrogen) atoms. The molecular weight excluding hydrogens is 317 g/mol. The van der Waals surface area contributed by atoms with E-state index in [2.05, 4.69) is 27.9 Å². The summed E-state index contributed by atoms with van der Waals surface area (Å²) in [6.45, 7) is 5.20. The zero-order valence-electron chi connectivity index (χ0n) is 15.4. The van der Waals surface area contributed by atoms with Crippen LogP contribution in [0.1, 0.15) is 84.5 Å². The molecule has 1 unspecified atom stereocenters. The third-order valence-corrected chi connectivity index (χ3v) is 4.69. The summed E-state index contributed by atoms with van der Waals surface area (Å²) in [6.07, 6.45) is 15.3. The molecule has 2 nitrogen and oxygen atoms in total. The first kappa shape index (κ1) is 24.7. The minimum absolute atomic E-state index is 0. The molecule has 0 saturated heterocycles. The standard InChI is InChI=1S/C18H39ClNO.ClH/c1-5-6-7-8-9-10-11-12-13-14-15-18(2)20(3,4)21-17-16-19;/h18H,5-17H2,1-4H3;1H/q+1;/p-1. The Bertz CT molecular complexity index is 225. The van der Waals surface area contributed by atoms with Crippen LogP contribution in [0.2, 0.25) is 0 Å². The summed E-state index contributed by atoms with van der Waals surface area (Å²) in [6, 6.07) is 0.544. The fraction of sp³-hybridized carbons (Fsp3) is 1.00. The molecule has 0 aromatic heterocycles. The lowest BCUT2D eigenvalue weighted by molar-refractivity contribution is -1.09. The van der Waals surface area contributed by atoms with Crippen molar-refractivity contribution in [1.82, 2.24) is 0 Å². The van der Waals surface area contributed by atoms with Crippen LogP contribution < -0.4 is 12.4 Å². The van der Waals surface area contributed by atoms with Crippen LogP contribution in [-0.2, 0) is 4.84 Å². The summed E-state index contributed by atoms with van der Waals surface area (Å²) in [4.78, 5) is 5.79. The first-order valence-corrected chi connectivity index (χ1v) is 9.62. The molecule has 0 spiro atoms. The molecule has 136 valence electrons. The van der Waals surface area contributed by atoms with Crippen molar-refractivity contribution >= 4 is 11.6 Å². The zero-order chi connectivity index (χ0) is 16.0. The Morgan fingerprint density at radius 3 is 1.77 bits per heavy atom. The molecule has 0 rings (SSSR count). The van der Waals surface area contributed by atoms with E-state index in [1.165, 1.54) is 70.6 Å². The smallest absolute Gasteiger partial charge is 0.120 e. The Kier molecular flexibility index (Phi) is 18.4. The number of halogens is 2. The Labute approximate surface area is 150 Å². The Balaban J connectivity index is 0. The third-order valence-electron chi connectivity index (χ3n) is 4.54. The monoisotopic (exact) mass is 355 g/mol. The van der Waals surface area contributed by atoms with Gasteiger partial charge in [0.05, 0.1) is 20.0 Å². The minimum Gasteiger partial charge on any atom is -1.00 e. The van der Waals surface area contributed by atoms with Crippen LogP contribution in [0.5, 0.6) is 0 Å². The highest BCUT2D eigenvalue weighted by molar-refractivity contribution is 6.17. The molecule has 0 heterocycles. The second-order valence-electron chi connectivity index (χ2n) is 6.78. The number of hydroxylamine groups is 3. The highest BCUT2D eigenvalue weighted by atomic mass is 35.5. The van der Waals surface area contributed by atoms with Crippen LogP contribution in [0.25, 0.3) is 0 Å². The molecule has 0 bridgehead atoms. The van der Waals surface area contributed by atoms with Gasteiger partial charge in [0.25, 0.3) is 0 Å². The van der Waals surface area contributed by atoms with Gasteiger partial charge in [0.1, 0.15) is 12.6 Å². The highest BCUT2D eigenvalue weighted by Crippen LogP contribution is 2.17. The van der Waals surface area contributed by atoms with Crippen molar-refractivity contribution in [2.75, 3.05) is 26.6 Å². The topological polar surface area (TPSA) is 9.23 Å². The lowest BCUT2D eigenvalue weighted by atomic mass is 10.0. The summed E-state index contributed by atoms with van der Waals surface area (Å²) in [5.41, 5.74) is 0.